The summed E-state index contributed by atoms with van der Waals surface area (Å²) < 4.78 is 11.0. The maximum absolute atomic E-state index is 12.1. The summed E-state index contributed by atoms with van der Waals surface area (Å²) in [5, 5.41) is 8.77. The van der Waals surface area contributed by atoms with Crippen LogP contribution in [0.15, 0.2) is 48.5 Å². The van der Waals surface area contributed by atoms with E-state index in [2.05, 4.69) is 19.6 Å². The van der Waals surface area contributed by atoms with Crippen LogP contribution in [-0.2, 0) is 0 Å². The highest BCUT2D eigenvalue weighted by Gasteiger charge is 2.12. The summed E-state index contributed by atoms with van der Waals surface area (Å²) >= 11 is 0. The lowest BCUT2D eigenvalue weighted by molar-refractivity contribution is 0.0734. The van der Waals surface area contributed by atoms with Crippen LogP contribution >= 0.6 is 0 Å². The van der Waals surface area contributed by atoms with E-state index in [-0.39, 0.29) is 0 Å². The predicted molar refractivity (Wildman–Crippen MR) is 105 cm³/mol. The van der Waals surface area contributed by atoms with E-state index in [1.165, 1.54) is 12.5 Å². The standard InChI is InChI=1S/C21H25NO3Si/c1-26(2,3)15-5-4-14-24-19-12-8-18(9-13-19)21(23)25-20-10-6-17(16-22)7-11-20/h6-13H,4-5,14-15H2,1-3H3. The van der Waals surface area contributed by atoms with Crippen LogP contribution in [0.2, 0.25) is 25.7 Å². The maximum Gasteiger partial charge on any atom is 0.343 e. The first-order valence-electron chi connectivity index (χ1n) is 8.83. The van der Waals surface area contributed by atoms with Crippen molar-refractivity contribution in [3.8, 4) is 17.6 Å². The Labute approximate surface area is 156 Å². The van der Waals surface area contributed by atoms with Crippen LogP contribution in [0.4, 0.5) is 0 Å². The van der Waals surface area contributed by atoms with Gasteiger partial charge in [-0.2, -0.15) is 5.26 Å². The quantitative estimate of drug-likeness (QED) is 0.276. The Morgan fingerprint density at radius 3 is 2.15 bits per heavy atom. The molecule has 26 heavy (non-hydrogen) atoms. The Kier molecular flexibility index (Phi) is 6.99. The molecule has 0 aliphatic heterocycles. The lowest BCUT2D eigenvalue weighted by Crippen LogP contribution is -2.18. The van der Waals surface area contributed by atoms with Crippen LogP contribution in [0.25, 0.3) is 0 Å². The number of carbonyl (C=O) groups is 1. The van der Waals surface area contributed by atoms with E-state index >= 15 is 0 Å². The van der Waals surface area contributed by atoms with Crippen molar-refractivity contribution in [1.29, 1.82) is 5.26 Å². The Morgan fingerprint density at radius 2 is 1.58 bits per heavy atom. The minimum absolute atomic E-state index is 0.414. The molecule has 0 aliphatic carbocycles. The summed E-state index contributed by atoms with van der Waals surface area (Å²) in [7, 11) is -0.967. The van der Waals surface area contributed by atoms with E-state index in [1.807, 2.05) is 6.07 Å². The molecule has 0 aliphatic rings. The van der Waals surface area contributed by atoms with Gasteiger partial charge in [-0.25, -0.2) is 4.79 Å². The summed E-state index contributed by atoms with van der Waals surface area (Å²) in [4.78, 5) is 12.1. The van der Waals surface area contributed by atoms with E-state index in [0.717, 1.165) is 12.2 Å². The molecule has 0 fully saturated rings. The summed E-state index contributed by atoms with van der Waals surface area (Å²) in [6.07, 6.45) is 2.25. The van der Waals surface area contributed by atoms with Gasteiger partial charge in [-0.1, -0.05) is 32.1 Å². The molecular weight excluding hydrogens is 342 g/mol. The molecular formula is C21H25NO3Si. The molecule has 2 rings (SSSR count). The Hall–Kier alpha value is -2.58. The van der Waals surface area contributed by atoms with Crippen molar-refractivity contribution in [1.82, 2.24) is 0 Å². The van der Waals surface area contributed by atoms with E-state index in [1.54, 1.807) is 48.5 Å². The molecule has 4 nitrogen and oxygen atoms in total. The van der Waals surface area contributed by atoms with Crippen LogP contribution in [0, 0.1) is 11.3 Å². The highest BCUT2D eigenvalue weighted by Crippen LogP contribution is 2.17. The number of unbranched alkanes of at least 4 members (excludes halogenated alkanes) is 1. The minimum Gasteiger partial charge on any atom is -0.494 e. The van der Waals surface area contributed by atoms with Crippen LogP contribution < -0.4 is 9.47 Å². The molecule has 2 aromatic rings. The Balaban J connectivity index is 1.80. The molecule has 0 unspecified atom stereocenters. The normalized spacial score (nSPS) is 10.8. The zero-order valence-electron chi connectivity index (χ0n) is 15.6. The predicted octanol–water partition coefficient (Wildman–Crippen LogP) is 5.27. The molecule has 0 saturated carbocycles. The fraction of sp³-hybridized carbons (Fsp3) is 0.333. The molecule has 0 bridgehead atoms. The number of esters is 1. The molecule has 0 spiro atoms. The molecule has 0 heterocycles. The van der Waals surface area contributed by atoms with Crippen molar-refractivity contribution in [2.24, 2.45) is 0 Å². The fourth-order valence-corrected chi connectivity index (χ4v) is 3.71. The summed E-state index contributed by atoms with van der Waals surface area (Å²) in [5.74, 6) is 0.737. The first kappa shape index (κ1) is 19.7. The van der Waals surface area contributed by atoms with E-state index in [0.29, 0.717) is 23.5 Å². The zero-order chi connectivity index (χ0) is 19.0. The second-order valence-electron chi connectivity index (χ2n) is 7.42. The SMILES string of the molecule is C[Si](C)(C)CCCCOc1ccc(C(=O)Oc2ccc(C#N)cc2)cc1. The van der Waals surface area contributed by atoms with Gasteiger partial charge in [-0.15, -0.1) is 0 Å². The second-order valence-corrected chi connectivity index (χ2v) is 13.0. The lowest BCUT2D eigenvalue weighted by Gasteiger charge is -2.15. The monoisotopic (exact) mass is 367 g/mol. The van der Waals surface area contributed by atoms with Crippen LogP contribution in [0.5, 0.6) is 11.5 Å². The molecule has 0 saturated heterocycles. The van der Waals surface area contributed by atoms with Gasteiger partial charge in [0.15, 0.2) is 0 Å². The third-order valence-corrected chi connectivity index (χ3v) is 5.73. The number of benzene rings is 2. The third-order valence-electron chi connectivity index (χ3n) is 3.87. The molecule has 5 heteroatoms. The smallest absolute Gasteiger partial charge is 0.343 e. The van der Waals surface area contributed by atoms with Crippen molar-refractivity contribution in [2.75, 3.05) is 6.61 Å². The molecule has 136 valence electrons. The van der Waals surface area contributed by atoms with Gasteiger partial charge in [0, 0.05) is 8.07 Å². The summed E-state index contributed by atoms with van der Waals surface area (Å²) in [5.41, 5.74) is 0.983. The highest BCUT2D eigenvalue weighted by molar-refractivity contribution is 6.76. The van der Waals surface area contributed by atoms with Gasteiger partial charge in [0.25, 0.3) is 0 Å². The van der Waals surface area contributed by atoms with E-state index in [9.17, 15) is 4.79 Å². The van der Waals surface area contributed by atoms with Crippen molar-refractivity contribution < 1.29 is 14.3 Å². The molecule has 2 aromatic carbocycles. The van der Waals surface area contributed by atoms with Crippen molar-refractivity contribution in [3.63, 3.8) is 0 Å². The topological polar surface area (TPSA) is 59.3 Å². The van der Waals surface area contributed by atoms with Crippen molar-refractivity contribution >= 4 is 14.0 Å². The second kappa shape index (κ2) is 9.21. The number of nitrogens with zero attached hydrogens (tertiary/aromatic N) is 1. The van der Waals surface area contributed by atoms with Crippen LogP contribution in [0.1, 0.15) is 28.8 Å². The van der Waals surface area contributed by atoms with Gasteiger partial charge < -0.3 is 9.47 Å². The van der Waals surface area contributed by atoms with Crippen molar-refractivity contribution in [3.05, 3.63) is 59.7 Å². The largest absolute Gasteiger partial charge is 0.494 e. The fourth-order valence-electron chi connectivity index (χ4n) is 2.40. The van der Waals surface area contributed by atoms with Gasteiger partial charge >= 0.3 is 5.97 Å². The molecule has 0 amide bonds. The van der Waals surface area contributed by atoms with Gasteiger partial charge in [-0.3, -0.25) is 0 Å². The number of hydrogen-bond donors (Lipinski definition) is 0. The van der Waals surface area contributed by atoms with Gasteiger partial charge in [0.1, 0.15) is 11.5 Å². The molecule has 0 atom stereocenters. The maximum atomic E-state index is 12.1. The summed E-state index contributed by atoms with van der Waals surface area (Å²) in [6.45, 7) is 7.83. The summed E-state index contributed by atoms with van der Waals surface area (Å²) in [6, 6.07) is 16.7. The highest BCUT2D eigenvalue weighted by atomic mass is 28.3. The van der Waals surface area contributed by atoms with Gasteiger partial charge in [0.2, 0.25) is 0 Å². The van der Waals surface area contributed by atoms with Crippen LogP contribution in [-0.4, -0.2) is 20.7 Å². The lowest BCUT2D eigenvalue weighted by atomic mass is 10.2. The van der Waals surface area contributed by atoms with Crippen LogP contribution in [0.3, 0.4) is 0 Å². The molecule has 0 N–H and O–H groups in total. The number of carbonyl (C=O) groups excluding carboxylic acids is 1. The molecule has 0 radical (unpaired) electrons. The first-order valence-corrected chi connectivity index (χ1v) is 12.5. The van der Waals surface area contributed by atoms with Crippen molar-refractivity contribution in [2.45, 2.75) is 38.5 Å². The average molecular weight is 368 g/mol. The number of rotatable bonds is 8. The number of nitriles is 1. The molecule has 0 aromatic heterocycles. The Bertz CT molecular complexity index is 756. The number of ether oxygens (including phenoxy) is 2. The van der Waals surface area contributed by atoms with E-state index in [4.69, 9.17) is 14.7 Å². The zero-order valence-corrected chi connectivity index (χ0v) is 16.6. The third kappa shape index (κ3) is 6.73. The first-order chi connectivity index (χ1) is 12.4. The van der Waals surface area contributed by atoms with E-state index < -0.39 is 14.0 Å². The number of hydrogen-bond acceptors (Lipinski definition) is 4. The average Bonchev–Trinajstić information content (AvgIpc) is 2.61. The van der Waals surface area contributed by atoms with Gasteiger partial charge in [0.05, 0.1) is 23.8 Å². The van der Waals surface area contributed by atoms with Gasteiger partial charge in [-0.05, 0) is 55.0 Å². The Morgan fingerprint density at radius 1 is 0.962 bits per heavy atom. The minimum atomic E-state index is -0.967.